The number of carbonyl (C=O) groups is 1. The van der Waals surface area contributed by atoms with Crippen molar-refractivity contribution in [3.8, 4) is 0 Å². The van der Waals surface area contributed by atoms with E-state index in [1.165, 1.54) is 0 Å². The van der Waals surface area contributed by atoms with Crippen molar-refractivity contribution < 1.29 is 9.90 Å². The third kappa shape index (κ3) is 3.23. The highest BCUT2D eigenvalue weighted by atomic mass is 16.3. The molecule has 1 atom stereocenters. The largest absolute Gasteiger partial charge is 0.389 e. The van der Waals surface area contributed by atoms with Gasteiger partial charge in [0.15, 0.2) is 0 Å². The van der Waals surface area contributed by atoms with Crippen LogP contribution >= 0.6 is 0 Å². The van der Waals surface area contributed by atoms with E-state index in [0.29, 0.717) is 0 Å². The van der Waals surface area contributed by atoms with Crippen molar-refractivity contribution in [2.45, 2.75) is 25.9 Å². The monoisotopic (exact) mass is 263 g/mol. The summed E-state index contributed by atoms with van der Waals surface area (Å²) < 4.78 is 0. The molecular weight excluding hydrogens is 242 g/mol. The Morgan fingerprint density at radius 3 is 2.63 bits per heavy atom. The zero-order valence-corrected chi connectivity index (χ0v) is 11.5. The summed E-state index contributed by atoms with van der Waals surface area (Å²) in [6, 6.07) is 3.83. The summed E-state index contributed by atoms with van der Waals surface area (Å²) in [5.74, 6) is 1.18. The molecule has 1 amide bonds. The Labute approximate surface area is 113 Å². The third-order valence-corrected chi connectivity index (χ3v) is 3.69. The maximum absolute atomic E-state index is 11.6. The molecule has 1 unspecified atom stereocenters. The first kappa shape index (κ1) is 13.8. The summed E-state index contributed by atoms with van der Waals surface area (Å²) in [5.41, 5.74) is 0.823. The Balaban J connectivity index is 1.96. The molecule has 1 aromatic rings. The van der Waals surface area contributed by atoms with Gasteiger partial charge < -0.3 is 15.3 Å². The van der Waals surface area contributed by atoms with Gasteiger partial charge in [-0.1, -0.05) is 6.07 Å². The summed E-state index contributed by atoms with van der Waals surface area (Å²) in [6.45, 7) is 3.42. The highest BCUT2D eigenvalue weighted by Crippen LogP contribution is 2.22. The van der Waals surface area contributed by atoms with Crippen molar-refractivity contribution in [2.75, 3.05) is 25.0 Å². The fourth-order valence-electron chi connectivity index (χ4n) is 2.41. The Kier molecular flexibility index (Phi) is 4.37. The van der Waals surface area contributed by atoms with Crippen LogP contribution in [0.2, 0.25) is 0 Å². The molecule has 0 spiro atoms. The van der Waals surface area contributed by atoms with E-state index < -0.39 is 6.10 Å². The van der Waals surface area contributed by atoms with Gasteiger partial charge in [0.25, 0.3) is 0 Å². The van der Waals surface area contributed by atoms with Crippen LogP contribution in [0.5, 0.6) is 0 Å². The summed E-state index contributed by atoms with van der Waals surface area (Å²) in [4.78, 5) is 18.1. The predicted octanol–water partition coefficient (Wildman–Crippen LogP) is 1.10. The number of anilines is 1. The van der Waals surface area contributed by atoms with Gasteiger partial charge in [0, 0.05) is 32.3 Å². The van der Waals surface area contributed by atoms with Crippen LogP contribution in [0, 0.1) is 5.92 Å². The van der Waals surface area contributed by atoms with Crippen molar-refractivity contribution in [1.82, 2.24) is 10.3 Å². The van der Waals surface area contributed by atoms with Gasteiger partial charge in [-0.3, -0.25) is 4.79 Å². The highest BCUT2D eigenvalue weighted by Gasteiger charge is 2.24. The number of carbonyl (C=O) groups excluding carboxylic acids is 1. The quantitative estimate of drug-likeness (QED) is 0.857. The Morgan fingerprint density at radius 1 is 1.47 bits per heavy atom. The number of amides is 1. The lowest BCUT2D eigenvalue weighted by Crippen LogP contribution is -2.39. The minimum Gasteiger partial charge on any atom is -0.389 e. The van der Waals surface area contributed by atoms with Crippen LogP contribution in [0.1, 0.15) is 31.4 Å². The first-order valence-electron chi connectivity index (χ1n) is 6.72. The second kappa shape index (κ2) is 6.02. The van der Waals surface area contributed by atoms with Gasteiger partial charge >= 0.3 is 0 Å². The van der Waals surface area contributed by atoms with Gasteiger partial charge in [-0.05, 0) is 31.4 Å². The lowest BCUT2D eigenvalue weighted by Gasteiger charge is -2.32. The third-order valence-electron chi connectivity index (χ3n) is 3.69. The molecule has 1 aromatic heterocycles. The molecule has 1 saturated heterocycles. The maximum Gasteiger partial charge on any atom is 0.222 e. The number of pyridine rings is 1. The number of aliphatic hydroxyl groups excluding tert-OH is 1. The molecule has 2 N–H and O–H groups in total. The van der Waals surface area contributed by atoms with Gasteiger partial charge in [0.1, 0.15) is 5.82 Å². The van der Waals surface area contributed by atoms with Crippen LogP contribution in [0.4, 0.5) is 5.82 Å². The van der Waals surface area contributed by atoms with E-state index in [1.807, 2.05) is 12.1 Å². The fraction of sp³-hybridized carbons (Fsp3) is 0.571. The lowest BCUT2D eigenvalue weighted by atomic mass is 9.96. The lowest BCUT2D eigenvalue weighted by molar-refractivity contribution is -0.125. The van der Waals surface area contributed by atoms with E-state index in [0.717, 1.165) is 37.3 Å². The van der Waals surface area contributed by atoms with E-state index >= 15 is 0 Å². The van der Waals surface area contributed by atoms with Crippen LogP contribution in [-0.2, 0) is 4.79 Å². The maximum atomic E-state index is 11.6. The molecular formula is C14H21N3O2. The minimum atomic E-state index is -0.486. The van der Waals surface area contributed by atoms with Gasteiger partial charge in [-0.2, -0.15) is 0 Å². The van der Waals surface area contributed by atoms with E-state index in [1.54, 1.807) is 20.2 Å². The number of piperidine rings is 1. The highest BCUT2D eigenvalue weighted by molar-refractivity contribution is 5.78. The Bertz CT molecular complexity index is 423. The summed E-state index contributed by atoms with van der Waals surface area (Å²) in [6.07, 6.45) is 2.95. The van der Waals surface area contributed by atoms with Crippen molar-refractivity contribution in [3.63, 3.8) is 0 Å². The molecule has 1 aliphatic rings. The van der Waals surface area contributed by atoms with Gasteiger partial charge in [0.05, 0.1) is 6.10 Å². The number of rotatable bonds is 3. The van der Waals surface area contributed by atoms with Gasteiger partial charge in [-0.25, -0.2) is 4.98 Å². The fourth-order valence-corrected chi connectivity index (χ4v) is 2.41. The molecule has 2 rings (SSSR count). The zero-order chi connectivity index (χ0) is 13.8. The summed E-state index contributed by atoms with van der Waals surface area (Å²) in [5, 5.41) is 12.2. The number of aliphatic hydroxyl groups is 1. The number of nitrogens with one attached hydrogen (secondary N) is 1. The number of aromatic nitrogens is 1. The van der Waals surface area contributed by atoms with Crippen LogP contribution in [0.3, 0.4) is 0 Å². The summed E-state index contributed by atoms with van der Waals surface area (Å²) in [7, 11) is 1.69. The second-order valence-electron chi connectivity index (χ2n) is 5.00. The van der Waals surface area contributed by atoms with Gasteiger partial charge in [0.2, 0.25) is 5.91 Å². The van der Waals surface area contributed by atoms with E-state index in [9.17, 15) is 9.90 Å². The molecule has 0 bridgehead atoms. The molecule has 1 aliphatic heterocycles. The van der Waals surface area contributed by atoms with Crippen molar-refractivity contribution in [2.24, 2.45) is 5.92 Å². The summed E-state index contributed by atoms with van der Waals surface area (Å²) >= 11 is 0. The van der Waals surface area contributed by atoms with Crippen molar-refractivity contribution in [1.29, 1.82) is 0 Å². The smallest absolute Gasteiger partial charge is 0.222 e. The zero-order valence-electron chi connectivity index (χ0n) is 11.5. The standard InChI is InChI=1S/C14H21N3O2/c1-10(18)12-3-4-13(16-9-12)17-7-5-11(6-8-17)14(19)15-2/h3-4,9-11,18H,5-8H2,1-2H3,(H,15,19). The second-order valence-corrected chi connectivity index (χ2v) is 5.00. The first-order valence-corrected chi connectivity index (χ1v) is 6.72. The van der Waals surface area contributed by atoms with Crippen LogP contribution < -0.4 is 10.2 Å². The molecule has 1 fully saturated rings. The Hall–Kier alpha value is -1.62. The molecule has 0 aliphatic carbocycles. The molecule has 5 heteroatoms. The first-order chi connectivity index (χ1) is 9.11. The SMILES string of the molecule is CNC(=O)C1CCN(c2ccc(C(C)O)cn2)CC1. The molecule has 0 saturated carbocycles. The number of nitrogens with zero attached hydrogens (tertiary/aromatic N) is 2. The van der Waals surface area contributed by atoms with Crippen molar-refractivity contribution >= 4 is 11.7 Å². The van der Waals surface area contributed by atoms with Crippen molar-refractivity contribution in [3.05, 3.63) is 23.9 Å². The van der Waals surface area contributed by atoms with E-state index in [-0.39, 0.29) is 11.8 Å². The normalized spacial score (nSPS) is 18.2. The topological polar surface area (TPSA) is 65.5 Å². The minimum absolute atomic E-state index is 0.123. The average molecular weight is 263 g/mol. The average Bonchev–Trinajstić information content (AvgIpc) is 2.46. The number of hydrogen-bond donors (Lipinski definition) is 2. The molecule has 19 heavy (non-hydrogen) atoms. The molecule has 0 radical (unpaired) electrons. The molecule has 104 valence electrons. The Morgan fingerprint density at radius 2 is 2.16 bits per heavy atom. The van der Waals surface area contributed by atoms with Crippen LogP contribution in [0.15, 0.2) is 18.3 Å². The van der Waals surface area contributed by atoms with E-state index in [4.69, 9.17) is 0 Å². The predicted molar refractivity (Wildman–Crippen MR) is 73.9 cm³/mol. The molecule has 5 nitrogen and oxygen atoms in total. The molecule has 2 heterocycles. The molecule has 0 aromatic carbocycles. The van der Waals surface area contributed by atoms with Crippen LogP contribution in [-0.4, -0.2) is 36.1 Å². The number of hydrogen-bond acceptors (Lipinski definition) is 4. The van der Waals surface area contributed by atoms with E-state index in [2.05, 4.69) is 15.2 Å². The van der Waals surface area contributed by atoms with Gasteiger partial charge in [-0.15, -0.1) is 0 Å². The van der Waals surface area contributed by atoms with Crippen LogP contribution in [0.25, 0.3) is 0 Å².